The number of carbonyl (C=O) groups excluding carboxylic acids is 1. The molecule has 1 aliphatic carbocycles. The van der Waals surface area contributed by atoms with E-state index in [1.165, 1.54) is 6.20 Å². The minimum absolute atomic E-state index is 0.0844. The van der Waals surface area contributed by atoms with Crippen molar-refractivity contribution in [3.63, 3.8) is 0 Å². The minimum atomic E-state index is -0.105. The Labute approximate surface area is 154 Å². The lowest BCUT2D eigenvalue weighted by molar-refractivity contribution is 0.0889. The van der Waals surface area contributed by atoms with Gasteiger partial charge in [-0.05, 0) is 53.7 Å². The van der Waals surface area contributed by atoms with Crippen molar-refractivity contribution in [1.82, 2.24) is 15.3 Å². The molecule has 1 N–H and O–H groups in total. The average Bonchev–Trinajstić information content (AvgIpc) is 2.64. The molecule has 2 heterocycles. The second-order valence-corrected chi connectivity index (χ2v) is 6.87. The fourth-order valence-electron chi connectivity index (χ4n) is 2.82. The van der Waals surface area contributed by atoms with E-state index in [1.54, 1.807) is 30.6 Å². The first kappa shape index (κ1) is 17.4. The Hall–Kier alpha value is -2.46. The van der Waals surface area contributed by atoms with E-state index in [-0.39, 0.29) is 18.1 Å². The Kier molecular flexibility index (Phi) is 5.61. The summed E-state index contributed by atoms with van der Waals surface area (Å²) >= 11 is 3.32. The van der Waals surface area contributed by atoms with Crippen molar-refractivity contribution in [2.24, 2.45) is 0 Å². The molecule has 1 fully saturated rings. The van der Waals surface area contributed by atoms with Gasteiger partial charge in [-0.15, -0.1) is 0 Å². The number of halogens is 1. The van der Waals surface area contributed by atoms with Gasteiger partial charge in [0, 0.05) is 35.2 Å². The van der Waals surface area contributed by atoms with Gasteiger partial charge in [-0.25, -0.2) is 4.98 Å². The van der Waals surface area contributed by atoms with Crippen LogP contribution in [0.4, 0.5) is 0 Å². The predicted molar refractivity (Wildman–Crippen MR) is 95.0 cm³/mol. The highest BCUT2D eigenvalue weighted by Gasteiger charge is 2.24. The van der Waals surface area contributed by atoms with Gasteiger partial charge in [0.25, 0.3) is 5.91 Å². The topological polar surface area (TPSA) is 87.9 Å². The summed E-state index contributed by atoms with van der Waals surface area (Å²) < 4.78 is 6.64. The molecule has 0 aliphatic heterocycles. The molecule has 1 amide bonds. The van der Waals surface area contributed by atoms with Crippen molar-refractivity contribution in [1.29, 1.82) is 5.26 Å². The summed E-state index contributed by atoms with van der Waals surface area (Å²) in [5, 5.41) is 11.8. The fourth-order valence-corrected chi connectivity index (χ4v) is 3.18. The van der Waals surface area contributed by atoms with Gasteiger partial charge in [0.15, 0.2) is 0 Å². The van der Waals surface area contributed by atoms with Gasteiger partial charge in [-0.2, -0.15) is 5.26 Å². The average molecular weight is 401 g/mol. The maximum Gasteiger partial charge on any atom is 0.253 e. The summed E-state index contributed by atoms with van der Waals surface area (Å²) in [4.78, 5) is 20.4. The number of nitrogens with one attached hydrogen (secondary N) is 1. The van der Waals surface area contributed by atoms with E-state index >= 15 is 0 Å². The van der Waals surface area contributed by atoms with E-state index in [4.69, 9.17) is 10.00 Å². The van der Waals surface area contributed by atoms with Crippen molar-refractivity contribution < 1.29 is 9.53 Å². The molecule has 0 aromatic carbocycles. The van der Waals surface area contributed by atoms with Crippen LogP contribution in [0.3, 0.4) is 0 Å². The summed E-state index contributed by atoms with van der Waals surface area (Å²) in [6.45, 7) is 0. The lowest BCUT2D eigenvalue weighted by Gasteiger charge is -2.29. The first-order valence-electron chi connectivity index (χ1n) is 8.08. The molecule has 128 valence electrons. The van der Waals surface area contributed by atoms with Crippen LogP contribution in [0.1, 0.15) is 41.6 Å². The normalized spacial score (nSPS) is 19.7. The van der Waals surface area contributed by atoms with Crippen LogP contribution in [-0.4, -0.2) is 28.0 Å². The Morgan fingerprint density at radius 3 is 2.68 bits per heavy atom. The van der Waals surface area contributed by atoms with E-state index < -0.39 is 0 Å². The summed E-state index contributed by atoms with van der Waals surface area (Å²) in [5.74, 6) is 0.429. The van der Waals surface area contributed by atoms with Crippen molar-refractivity contribution in [3.05, 3.63) is 52.4 Å². The zero-order valence-electron chi connectivity index (χ0n) is 13.5. The highest BCUT2D eigenvalue weighted by Crippen LogP contribution is 2.23. The lowest BCUT2D eigenvalue weighted by atomic mass is 9.92. The largest absolute Gasteiger partial charge is 0.474 e. The standard InChI is InChI=1S/C18H17BrN4O2/c19-14-7-13(10-21-11-14)18(24)23-15-2-4-16(5-3-15)25-17-6-1-12(8-20)9-22-17/h1,6-7,9-11,15-16H,2-5H2,(H,23,24). The van der Waals surface area contributed by atoms with Crippen molar-refractivity contribution in [2.75, 3.05) is 0 Å². The quantitative estimate of drug-likeness (QED) is 0.850. The Bertz CT molecular complexity index is 780. The first-order valence-corrected chi connectivity index (χ1v) is 8.87. The molecule has 0 bridgehead atoms. The number of nitrogens with zero attached hydrogens (tertiary/aromatic N) is 3. The lowest BCUT2D eigenvalue weighted by Crippen LogP contribution is -2.39. The summed E-state index contributed by atoms with van der Waals surface area (Å²) in [6, 6.07) is 7.34. The summed E-state index contributed by atoms with van der Waals surface area (Å²) in [5.41, 5.74) is 1.07. The number of rotatable bonds is 4. The second kappa shape index (κ2) is 8.08. The summed E-state index contributed by atoms with van der Waals surface area (Å²) in [6.07, 6.45) is 8.21. The molecule has 6 nitrogen and oxygen atoms in total. The van der Waals surface area contributed by atoms with Gasteiger partial charge in [0.2, 0.25) is 5.88 Å². The molecule has 0 atom stereocenters. The number of hydrogen-bond acceptors (Lipinski definition) is 5. The summed E-state index contributed by atoms with van der Waals surface area (Å²) in [7, 11) is 0. The molecular formula is C18H17BrN4O2. The minimum Gasteiger partial charge on any atom is -0.474 e. The van der Waals surface area contributed by atoms with Gasteiger partial charge >= 0.3 is 0 Å². The van der Waals surface area contributed by atoms with Gasteiger partial charge < -0.3 is 10.1 Å². The molecule has 2 aromatic rings. The van der Waals surface area contributed by atoms with E-state index in [0.29, 0.717) is 17.0 Å². The third-order valence-electron chi connectivity index (χ3n) is 4.13. The van der Waals surface area contributed by atoms with Gasteiger partial charge in [-0.1, -0.05) is 0 Å². The van der Waals surface area contributed by atoms with Crippen LogP contribution in [0.15, 0.2) is 41.3 Å². The van der Waals surface area contributed by atoms with Crippen LogP contribution in [0.25, 0.3) is 0 Å². The van der Waals surface area contributed by atoms with Gasteiger partial charge in [0.05, 0.1) is 11.1 Å². The maximum atomic E-state index is 12.3. The molecule has 0 spiro atoms. The number of carbonyl (C=O) groups is 1. The third-order valence-corrected chi connectivity index (χ3v) is 4.56. The molecule has 0 radical (unpaired) electrons. The Balaban J connectivity index is 1.48. The van der Waals surface area contributed by atoms with Crippen LogP contribution in [0.2, 0.25) is 0 Å². The van der Waals surface area contributed by atoms with Gasteiger partial charge in [0.1, 0.15) is 12.2 Å². The number of aromatic nitrogens is 2. The predicted octanol–water partition coefficient (Wildman–Crippen LogP) is 3.23. The maximum absolute atomic E-state index is 12.3. The van der Waals surface area contributed by atoms with Crippen LogP contribution in [-0.2, 0) is 0 Å². The van der Waals surface area contributed by atoms with Crippen molar-refractivity contribution >= 4 is 21.8 Å². The molecule has 0 unspecified atom stereocenters. The fraction of sp³-hybridized carbons (Fsp3) is 0.333. The highest BCUT2D eigenvalue weighted by molar-refractivity contribution is 9.10. The number of pyridine rings is 2. The molecule has 2 aromatic heterocycles. The molecule has 25 heavy (non-hydrogen) atoms. The molecule has 0 saturated heterocycles. The Morgan fingerprint density at radius 2 is 2.04 bits per heavy atom. The van der Waals surface area contributed by atoms with Crippen LogP contribution in [0, 0.1) is 11.3 Å². The van der Waals surface area contributed by atoms with E-state index in [2.05, 4.69) is 31.2 Å². The number of ether oxygens (including phenoxy) is 1. The monoisotopic (exact) mass is 400 g/mol. The number of amides is 1. The van der Waals surface area contributed by atoms with Crippen molar-refractivity contribution in [3.8, 4) is 11.9 Å². The van der Waals surface area contributed by atoms with Crippen LogP contribution < -0.4 is 10.1 Å². The highest BCUT2D eigenvalue weighted by atomic mass is 79.9. The van der Waals surface area contributed by atoms with Gasteiger partial charge in [-0.3, -0.25) is 9.78 Å². The molecule has 1 saturated carbocycles. The Morgan fingerprint density at radius 1 is 1.24 bits per heavy atom. The molecule has 7 heteroatoms. The van der Waals surface area contributed by atoms with Crippen LogP contribution in [0.5, 0.6) is 5.88 Å². The number of nitriles is 1. The first-order chi connectivity index (χ1) is 12.1. The SMILES string of the molecule is N#Cc1ccc(OC2CCC(NC(=O)c3cncc(Br)c3)CC2)nc1. The molecular weight excluding hydrogens is 384 g/mol. The van der Waals surface area contributed by atoms with Crippen LogP contribution >= 0.6 is 15.9 Å². The second-order valence-electron chi connectivity index (χ2n) is 5.95. The van der Waals surface area contributed by atoms with Crippen molar-refractivity contribution in [2.45, 2.75) is 37.8 Å². The third kappa shape index (κ3) is 4.77. The van der Waals surface area contributed by atoms with E-state index in [9.17, 15) is 4.79 Å². The number of hydrogen-bond donors (Lipinski definition) is 1. The zero-order chi connectivity index (χ0) is 17.6. The smallest absolute Gasteiger partial charge is 0.253 e. The molecule has 1 aliphatic rings. The van der Waals surface area contributed by atoms with E-state index in [1.807, 2.05) is 6.07 Å². The molecule has 3 rings (SSSR count). The zero-order valence-corrected chi connectivity index (χ0v) is 15.1. The van der Waals surface area contributed by atoms with E-state index in [0.717, 1.165) is 30.2 Å².